The van der Waals surface area contributed by atoms with E-state index >= 15 is 0 Å². The Morgan fingerprint density at radius 3 is 1.81 bits per heavy atom. The van der Waals surface area contributed by atoms with Gasteiger partial charge in [-0.2, -0.15) is 4.40 Å². The van der Waals surface area contributed by atoms with Gasteiger partial charge in [0.05, 0.1) is 5.39 Å². The molecule has 2 aromatic heterocycles. The third kappa shape index (κ3) is 2.37. The smallest absolute Gasteiger partial charge is 0.152 e. The van der Waals surface area contributed by atoms with E-state index in [1.54, 1.807) is 0 Å². The average molecular weight is 332 g/mol. The molecule has 0 saturated heterocycles. The van der Waals surface area contributed by atoms with E-state index < -0.39 is 0 Å². The normalized spacial score (nSPS) is 11.1. The van der Waals surface area contributed by atoms with Crippen LogP contribution in [0.5, 0.6) is 0 Å². The lowest BCUT2D eigenvalue weighted by atomic mass is 10.0. The molecule has 0 saturated carbocycles. The van der Waals surface area contributed by atoms with Crippen molar-refractivity contribution in [2.24, 2.45) is 0 Å². The predicted octanol–water partition coefficient (Wildman–Crippen LogP) is 5.91. The molecule has 0 atom stereocenters. The molecule has 5 aromatic rings. The Balaban J connectivity index is 1.98. The summed E-state index contributed by atoms with van der Waals surface area (Å²) in [4.78, 5) is 0. The molecule has 0 bridgehead atoms. The summed E-state index contributed by atoms with van der Waals surface area (Å²) in [5.41, 5.74) is 6.07. The van der Waals surface area contributed by atoms with Gasteiger partial charge in [0, 0.05) is 29.3 Å². The van der Waals surface area contributed by atoms with Gasteiger partial charge < -0.3 is 0 Å². The van der Waals surface area contributed by atoms with Gasteiger partial charge in [0.15, 0.2) is 0 Å². The molecule has 0 aliphatic carbocycles. The van der Waals surface area contributed by atoms with Crippen LogP contribution in [-0.4, -0.2) is 0 Å². The lowest BCUT2D eigenvalue weighted by molar-refractivity contribution is -0.485. The maximum atomic E-state index is 2.38. The molecule has 0 spiro atoms. The van der Waals surface area contributed by atoms with Crippen molar-refractivity contribution in [1.29, 1.82) is 0 Å². The van der Waals surface area contributed by atoms with Crippen LogP contribution in [-0.2, 0) is 0 Å². The second-order valence-corrected chi connectivity index (χ2v) is 6.48. The van der Waals surface area contributed by atoms with E-state index in [-0.39, 0.29) is 0 Å². The van der Waals surface area contributed by atoms with Gasteiger partial charge in [-0.15, -0.1) is 0 Å². The fourth-order valence-electron chi connectivity index (χ4n) is 3.70. The van der Waals surface area contributed by atoms with Crippen molar-refractivity contribution in [3.8, 4) is 22.5 Å². The molecule has 2 heterocycles. The second-order valence-electron chi connectivity index (χ2n) is 6.48. The minimum Gasteiger partial charge on any atom is -0.152 e. The van der Waals surface area contributed by atoms with Crippen LogP contribution < -0.4 is 4.40 Å². The van der Waals surface area contributed by atoms with Gasteiger partial charge in [-0.1, -0.05) is 54.6 Å². The molecule has 122 valence electrons. The van der Waals surface area contributed by atoms with Crippen molar-refractivity contribution in [1.82, 2.24) is 0 Å². The van der Waals surface area contributed by atoms with Crippen LogP contribution in [0.25, 0.3) is 38.8 Å². The molecule has 0 unspecified atom stereocenters. The maximum Gasteiger partial charge on any atom is 0.219 e. The van der Waals surface area contributed by atoms with Gasteiger partial charge >= 0.3 is 0 Å². The number of pyridine rings is 2. The second kappa shape index (κ2) is 6.12. The molecule has 0 radical (unpaired) electrons. The zero-order chi connectivity index (χ0) is 17.3. The van der Waals surface area contributed by atoms with Gasteiger partial charge in [-0.25, -0.2) is 0 Å². The summed E-state index contributed by atoms with van der Waals surface area (Å²) >= 11 is 0. The Labute approximate surface area is 152 Å². The van der Waals surface area contributed by atoms with Crippen LogP contribution in [0.2, 0.25) is 0 Å². The van der Waals surface area contributed by atoms with Crippen molar-refractivity contribution >= 4 is 16.3 Å². The van der Waals surface area contributed by atoms with Crippen molar-refractivity contribution in [2.45, 2.75) is 0 Å². The average Bonchev–Trinajstić information content (AvgIpc) is 2.74. The number of rotatable bonds is 2. The van der Waals surface area contributed by atoms with Crippen LogP contribution in [0.15, 0.2) is 109 Å². The Morgan fingerprint density at radius 1 is 0.462 bits per heavy atom. The number of benzene rings is 3. The van der Waals surface area contributed by atoms with Crippen LogP contribution in [0.3, 0.4) is 0 Å². The number of nitrogens with zero attached hydrogens (tertiary/aromatic N) is 1. The summed E-state index contributed by atoms with van der Waals surface area (Å²) < 4.78 is 2.38. The highest BCUT2D eigenvalue weighted by Crippen LogP contribution is 2.27. The van der Waals surface area contributed by atoms with Crippen molar-refractivity contribution in [3.63, 3.8) is 0 Å². The molecule has 0 fully saturated rings. The summed E-state index contributed by atoms with van der Waals surface area (Å²) in [6.07, 6.45) is 0. The van der Waals surface area contributed by atoms with Gasteiger partial charge in [-0.05, 0) is 41.8 Å². The molecule has 0 aliphatic heterocycles. The van der Waals surface area contributed by atoms with E-state index in [2.05, 4.69) is 114 Å². The lowest BCUT2D eigenvalue weighted by Gasteiger charge is -2.08. The molecule has 1 nitrogen and oxygen atoms in total. The fraction of sp³-hybridized carbons (Fsp3) is 0. The summed E-state index contributed by atoms with van der Waals surface area (Å²) in [5, 5.41) is 2.53. The number of hydrogen-bond donors (Lipinski definition) is 0. The number of fused-ring (bicyclic) bond motifs is 3. The van der Waals surface area contributed by atoms with E-state index in [0.29, 0.717) is 0 Å². The van der Waals surface area contributed by atoms with Crippen LogP contribution in [0.4, 0.5) is 0 Å². The molecule has 3 aromatic carbocycles. The first-order chi connectivity index (χ1) is 12.9. The van der Waals surface area contributed by atoms with Crippen LogP contribution in [0.1, 0.15) is 0 Å². The van der Waals surface area contributed by atoms with Crippen molar-refractivity contribution in [3.05, 3.63) is 109 Å². The summed E-state index contributed by atoms with van der Waals surface area (Å²) in [6, 6.07) is 38.7. The fourth-order valence-corrected chi connectivity index (χ4v) is 3.70. The number of hydrogen-bond acceptors (Lipinski definition) is 0. The first kappa shape index (κ1) is 14.9. The van der Waals surface area contributed by atoms with E-state index in [4.69, 9.17) is 0 Å². The molecular formula is C25H18N+. The van der Waals surface area contributed by atoms with E-state index in [1.807, 2.05) is 0 Å². The van der Waals surface area contributed by atoms with Gasteiger partial charge in [0.25, 0.3) is 0 Å². The first-order valence-corrected chi connectivity index (χ1v) is 8.89. The Morgan fingerprint density at radius 2 is 1.08 bits per heavy atom. The molecule has 5 rings (SSSR count). The van der Waals surface area contributed by atoms with E-state index in [1.165, 1.54) is 38.8 Å². The largest absolute Gasteiger partial charge is 0.219 e. The highest BCUT2D eigenvalue weighted by atomic mass is 14.9. The predicted molar refractivity (Wildman–Crippen MR) is 108 cm³/mol. The Bertz CT molecular complexity index is 1210. The summed E-state index contributed by atoms with van der Waals surface area (Å²) in [6.45, 7) is 0. The van der Waals surface area contributed by atoms with Crippen molar-refractivity contribution in [2.75, 3.05) is 0 Å². The highest BCUT2D eigenvalue weighted by molar-refractivity contribution is 5.95. The standard InChI is InChI=1S/C25H18N/c1-3-10-19(11-4-1)23-16-9-17-24-22-15-8-7-14-21(22)18-25(26(23)24)20-12-5-2-6-13-20/h1-18H/q+1. The van der Waals surface area contributed by atoms with Gasteiger partial charge in [0.1, 0.15) is 0 Å². The lowest BCUT2D eigenvalue weighted by Crippen LogP contribution is -2.28. The molecule has 0 amide bonds. The third-order valence-corrected chi connectivity index (χ3v) is 4.90. The number of aromatic nitrogens is 1. The molecule has 0 aliphatic rings. The zero-order valence-corrected chi connectivity index (χ0v) is 14.3. The minimum atomic E-state index is 1.20. The van der Waals surface area contributed by atoms with Crippen molar-refractivity contribution < 1.29 is 4.40 Å². The maximum absolute atomic E-state index is 2.38. The zero-order valence-electron chi connectivity index (χ0n) is 14.3. The van der Waals surface area contributed by atoms with Gasteiger partial charge in [0.2, 0.25) is 16.9 Å². The molecule has 0 N–H and O–H groups in total. The molecule has 1 heteroatoms. The topological polar surface area (TPSA) is 4.10 Å². The monoisotopic (exact) mass is 332 g/mol. The Hall–Kier alpha value is -3.45. The van der Waals surface area contributed by atoms with Crippen LogP contribution >= 0.6 is 0 Å². The summed E-state index contributed by atoms with van der Waals surface area (Å²) in [7, 11) is 0. The molecule has 26 heavy (non-hydrogen) atoms. The van der Waals surface area contributed by atoms with E-state index in [9.17, 15) is 0 Å². The molecular weight excluding hydrogens is 314 g/mol. The first-order valence-electron chi connectivity index (χ1n) is 8.89. The minimum absolute atomic E-state index is 1.20. The Kier molecular flexibility index (Phi) is 3.50. The SMILES string of the molecule is c1ccc(-c2cccc3c4ccccc4cc(-c4ccccc4)[n+]23)cc1. The van der Waals surface area contributed by atoms with Crippen LogP contribution in [0, 0.1) is 0 Å². The van der Waals surface area contributed by atoms with Gasteiger partial charge in [-0.3, -0.25) is 0 Å². The third-order valence-electron chi connectivity index (χ3n) is 4.90. The quantitative estimate of drug-likeness (QED) is 0.279. The van der Waals surface area contributed by atoms with E-state index in [0.717, 1.165) is 0 Å². The summed E-state index contributed by atoms with van der Waals surface area (Å²) in [5.74, 6) is 0. The highest BCUT2D eigenvalue weighted by Gasteiger charge is 2.21.